The van der Waals surface area contributed by atoms with Crippen molar-refractivity contribution in [3.05, 3.63) is 0 Å². The molecule has 0 aromatic carbocycles. The Balaban J connectivity index is 2.04. The minimum Gasteiger partial charge on any atom is -0.380 e. The van der Waals surface area contributed by atoms with Crippen molar-refractivity contribution in [2.75, 3.05) is 24.7 Å². The van der Waals surface area contributed by atoms with Crippen LogP contribution < -0.4 is 0 Å². The molecule has 0 aromatic heterocycles. The van der Waals surface area contributed by atoms with Crippen molar-refractivity contribution in [1.82, 2.24) is 0 Å². The second-order valence-corrected chi connectivity index (χ2v) is 6.15. The highest BCUT2D eigenvalue weighted by molar-refractivity contribution is 7.92. The zero-order chi connectivity index (χ0) is 7.95. The molecule has 2 heterocycles. The van der Waals surface area contributed by atoms with Crippen LogP contribution in [0.5, 0.6) is 0 Å². The molecule has 0 saturated carbocycles. The minimum atomic E-state index is -2.19. The van der Waals surface area contributed by atoms with Gasteiger partial charge in [-0.3, -0.25) is 4.78 Å². The molecule has 2 aliphatic rings. The van der Waals surface area contributed by atoms with Gasteiger partial charge in [-0.2, -0.15) is 0 Å². The van der Waals surface area contributed by atoms with Crippen LogP contribution in [-0.2, 0) is 14.5 Å². The molecule has 1 N–H and O–H groups in total. The molecule has 0 atom stereocenters. The molecule has 0 aromatic rings. The number of ether oxygens (including phenoxy) is 1. The molecule has 0 bridgehead atoms. The number of hydrogen-bond donors (Lipinski definition) is 1. The Kier molecular flexibility index (Phi) is 1.51. The van der Waals surface area contributed by atoms with E-state index in [1.807, 2.05) is 0 Å². The monoisotopic (exact) mass is 175 g/mol. The maximum atomic E-state index is 11.3. The largest absolute Gasteiger partial charge is 0.380 e. The van der Waals surface area contributed by atoms with Crippen molar-refractivity contribution in [3.8, 4) is 0 Å². The average molecular weight is 175 g/mol. The third-order valence-electron chi connectivity index (χ3n) is 2.74. The Bertz CT molecular complexity index is 238. The molecule has 0 aliphatic carbocycles. The van der Waals surface area contributed by atoms with Crippen LogP contribution in [-0.4, -0.2) is 28.9 Å². The van der Waals surface area contributed by atoms with Gasteiger partial charge in [0.2, 0.25) is 0 Å². The molecular formula is C7H13NO2S. The second-order valence-electron chi connectivity index (χ2n) is 3.71. The van der Waals surface area contributed by atoms with E-state index in [0.717, 1.165) is 26.1 Å². The summed E-state index contributed by atoms with van der Waals surface area (Å²) in [4.78, 5) is 0. The van der Waals surface area contributed by atoms with Crippen LogP contribution >= 0.6 is 0 Å². The van der Waals surface area contributed by atoms with Gasteiger partial charge in [-0.1, -0.05) is 0 Å². The average Bonchev–Trinajstić information content (AvgIpc) is 1.84. The summed E-state index contributed by atoms with van der Waals surface area (Å²) >= 11 is 0. The third kappa shape index (κ3) is 1.29. The highest BCUT2D eigenvalue weighted by atomic mass is 32.2. The van der Waals surface area contributed by atoms with Gasteiger partial charge in [-0.05, 0) is 12.8 Å². The SMILES string of the molecule is N=S1(=O)CCC2(CC1)COC2. The Labute approximate surface area is 67.1 Å². The van der Waals surface area contributed by atoms with E-state index in [0.29, 0.717) is 16.9 Å². The Morgan fingerprint density at radius 1 is 1.27 bits per heavy atom. The molecule has 2 saturated heterocycles. The van der Waals surface area contributed by atoms with Crippen LogP contribution in [0.2, 0.25) is 0 Å². The quantitative estimate of drug-likeness (QED) is 0.593. The van der Waals surface area contributed by atoms with E-state index >= 15 is 0 Å². The zero-order valence-electron chi connectivity index (χ0n) is 6.47. The lowest BCUT2D eigenvalue weighted by atomic mass is 9.80. The summed E-state index contributed by atoms with van der Waals surface area (Å²) in [5.74, 6) is 1.19. The lowest BCUT2D eigenvalue weighted by Crippen LogP contribution is -2.47. The lowest BCUT2D eigenvalue weighted by molar-refractivity contribution is -0.117. The number of nitrogens with one attached hydrogen (secondary N) is 1. The molecule has 3 nitrogen and oxygen atoms in total. The maximum Gasteiger partial charge on any atom is 0.0545 e. The summed E-state index contributed by atoms with van der Waals surface area (Å²) in [7, 11) is -2.19. The summed E-state index contributed by atoms with van der Waals surface area (Å²) in [5, 5.41) is 0. The van der Waals surface area contributed by atoms with Crippen molar-refractivity contribution >= 4 is 9.73 Å². The third-order valence-corrected chi connectivity index (χ3v) is 4.47. The van der Waals surface area contributed by atoms with Gasteiger partial charge in [0.1, 0.15) is 0 Å². The first-order chi connectivity index (χ1) is 5.12. The van der Waals surface area contributed by atoms with Crippen LogP contribution in [0.4, 0.5) is 0 Å². The van der Waals surface area contributed by atoms with E-state index in [1.165, 1.54) is 0 Å². The molecule has 2 rings (SSSR count). The first kappa shape index (κ1) is 7.55. The summed E-state index contributed by atoms with van der Waals surface area (Å²) in [6, 6.07) is 0. The van der Waals surface area contributed by atoms with E-state index < -0.39 is 9.73 Å². The molecule has 4 heteroatoms. The molecule has 2 aliphatic heterocycles. The second kappa shape index (κ2) is 2.20. The first-order valence-electron chi connectivity index (χ1n) is 3.94. The molecule has 0 unspecified atom stereocenters. The zero-order valence-corrected chi connectivity index (χ0v) is 7.28. The van der Waals surface area contributed by atoms with E-state index in [2.05, 4.69) is 0 Å². The first-order valence-corrected chi connectivity index (χ1v) is 5.84. The van der Waals surface area contributed by atoms with Crippen molar-refractivity contribution in [2.24, 2.45) is 5.41 Å². The Morgan fingerprint density at radius 2 is 1.82 bits per heavy atom. The topological polar surface area (TPSA) is 50.2 Å². The van der Waals surface area contributed by atoms with E-state index in [9.17, 15) is 4.21 Å². The molecule has 1 spiro atoms. The van der Waals surface area contributed by atoms with Gasteiger partial charge in [0, 0.05) is 26.6 Å². The van der Waals surface area contributed by atoms with Crippen LogP contribution in [0.25, 0.3) is 0 Å². The highest BCUT2D eigenvalue weighted by Gasteiger charge is 2.41. The van der Waals surface area contributed by atoms with E-state index in [1.54, 1.807) is 0 Å². The fourth-order valence-electron chi connectivity index (χ4n) is 1.67. The van der Waals surface area contributed by atoms with Crippen LogP contribution in [0.1, 0.15) is 12.8 Å². The van der Waals surface area contributed by atoms with Crippen LogP contribution in [0, 0.1) is 10.2 Å². The Morgan fingerprint density at radius 3 is 2.18 bits per heavy atom. The van der Waals surface area contributed by atoms with Crippen molar-refractivity contribution in [1.29, 1.82) is 4.78 Å². The van der Waals surface area contributed by atoms with Crippen molar-refractivity contribution in [2.45, 2.75) is 12.8 Å². The van der Waals surface area contributed by atoms with E-state index in [4.69, 9.17) is 9.52 Å². The smallest absolute Gasteiger partial charge is 0.0545 e. The normalized spacial score (nSPS) is 33.1. The van der Waals surface area contributed by atoms with Gasteiger partial charge in [-0.25, -0.2) is 4.21 Å². The predicted molar refractivity (Wildman–Crippen MR) is 43.1 cm³/mol. The van der Waals surface area contributed by atoms with Gasteiger partial charge in [0.05, 0.1) is 13.2 Å². The number of rotatable bonds is 0. The molecular weight excluding hydrogens is 162 g/mol. The highest BCUT2D eigenvalue weighted by Crippen LogP contribution is 2.39. The summed E-state index contributed by atoms with van der Waals surface area (Å²) in [5.41, 5.74) is 0.335. The fourth-order valence-corrected chi connectivity index (χ4v) is 3.40. The minimum absolute atomic E-state index is 0.335. The lowest BCUT2D eigenvalue weighted by Gasteiger charge is -2.44. The summed E-state index contributed by atoms with van der Waals surface area (Å²) in [6.07, 6.45) is 1.88. The summed E-state index contributed by atoms with van der Waals surface area (Å²) in [6.45, 7) is 1.67. The van der Waals surface area contributed by atoms with Crippen molar-refractivity contribution < 1.29 is 8.95 Å². The maximum absolute atomic E-state index is 11.3. The van der Waals surface area contributed by atoms with Crippen LogP contribution in [0.3, 0.4) is 0 Å². The van der Waals surface area contributed by atoms with Gasteiger partial charge in [0.25, 0.3) is 0 Å². The van der Waals surface area contributed by atoms with Gasteiger partial charge in [0.15, 0.2) is 0 Å². The standard InChI is InChI=1S/C7H13NO2S/c8-11(9)3-1-7(2-4-11)5-10-6-7/h8H,1-6H2. The van der Waals surface area contributed by atoms with Crippen LogP contribution in [0.15, 0.2) is 0 Å². The molecule has 0 radical (unpaired) electrons. The number of hydrogen-bond acceptors (Lipinski definition) is 3. The van der Waals surface area contributed by atoms with E-state index in [-0.39, 0.29) is 0 Å². The van der Waals surface area contributed by atoms with Gasteiger partial charge >= 0.3 is 0 Å². The molecule has 64 valence electrons. The molecule has 0 amide bonds. The van der Waals surface area contributed by atoms with Gasteiger partial charge in [-0.15, -0.1) is 0 Å². The van der Waals surface area contributed by atoms with Crippen molar-refractivity contribution in [3.63, 3.8) is 0 Å². The fraction of sp³-hybridized carbons (Fsp3) is 1.00. The Hall–Kier alpha value is -0.0900. The molecule has 2 fully saturated rings. The summed E-state index contributed by atoms with van der Waals surface area (Å²) < 4.78 is 23.8. The van der Waals surface area contributed by atoms with Gasteiger partial charge < -0.3 is 4.74 Å². The molecule has 11 heavy (non-hydrogen) atoms. The predicted octanol–water partition coefficient (Wildman–Crippen LogP) is 0.844.